The lowest BCUT2D eigenvalue weighted by atomic mass is 9.82. The van der Waals surface area contributed by atoms with E-state index in [1.165, 1.54) is 0 Å². The molecule has 1 aliphatic carbocycles. The third-order valence-corrected chi connectivity index (χ3v) is 3.74. The number of carbonyl (C=O) groups is 1. The number of methoxy groups -OCH3 is 2. The van der Waals surface area contributed by atoms with E-state index >= 15 is 0 Å². The van der Waals surface area contributed by atoms with Crippen LogP contribution in [0.5, 0.6) is 11.5 Å². The zero-order chi connectivity index (χ0) is 13.8. The maximum atomic E-state index is 12.5. The number of carbonyl (C=O) groups excluding carboxylic acids is 1. The molecule has 0 atom stereocenters. The van der Waals surface area contributed by atoms with E-state index in [4.69, 9.17) is 9.47 Å². The molecule has 4 nitrogen and oxygen atoms in total. The summed E-state index contributed by atoms with van der Waals surface area (Å²) < 4.78 is 10.4. The Kier molecular flexibility index (Phi) is 4.43. The van der Waals surface area contributed by atoms with Gasteiger partial charge in [-0.2, -0.15) is 0 Å². The fraction of sp³-hybridized carbons (Fsp3) is 0.533. The second-order valence-electron chi connectivity index (χ2n) is 4.94. The van der Waals surface area contributed by atoms with Gasteiger partial charge in [-0.3, -0.25) is 4.79 Å². The van der Waals surface area contributed by atoms with Crippen LogP contribution in [0.25, 0.3) is 0 Å². The van der Waals surface area contributed by atoms with Crippen molar-refractivity contribution >= 4 is 5.78 Å². The smallest absolute Gasteiger partial charge is 0.169 e. The predicted molar refractivity (Wildman–Crippen MR) is 71.8 cm³/mol. The first kappa shape index (κ1) is 13.9. The maximum absolute atomic E-state index is 12.5. The quantitative estimate of drug-likeness (QED) is 0.849. The van der Waals surface area contributed by atoms with Gasteiger partial charge in [-0.05, 0) is 43.9 Å². The van der Waals surface area contributed by atoms with Gasteiger partial charge in [0, 0.05) is 5.92 Å². The molecule has 0 saturated heterocycles. The van der Waals surface area contributed by atoms with Gasteiger partial charge < -0.3 is 14.6 Å². The second-order valence-corrected chi connectivity index (χ2v) is 4.94. The number of hydrogen-bond donors (Lipinski definition) is 1. The maximum Gasteiger partial charge on any atom is 0.169 e. The Morgan fingerprint density at radius 1 is 1.16 bits per heavy atom. The summed E-state index contributed by atoms with van der Waals surface area (Å²) >= 11 is 0. The molecule has 0 radical (unpaired) electrons. The fourth-order valence-corrected chi connectivity index (χ4v) is 2.56. The van der Waals surface area contributed by atoms with Crippen LogP contribution in [-0.4, -0.2) is 31.2 Å². The summed E-state index contributed by atoms with van der Waals surface area (Å²) in [6.45, 7) is 0. The Morgan fingerprint density at radius 3 is 2.42 bits per heavy atom. The van der Waals surface area contributed by atoms with Crippen LogP contribution in [0.4, 0.5) is 0 Å². The summed E-state index contributed by atoms with van der Waals surface area (Å²) in [6.07, 6.45) is 2.61. The first-order valence-corrected chi connectivity index (χ1v) is 6.60. The number of aliphatic hydroxyl groups is 1. The van der Waals surface area contributed by atoms with Gasteiger partial charge in [-0.25, -0.2) is 0 Å². The van der Waals surface area contributed by atoms with Crippen LogP contribution >= 0.6 is 0 Å². The van der Waals surface area contributed by atoms with Gasteiger partial charge in [-0.1, -0.05) is 0 Å². The molecular weight excluding hydrogens is 244 g/mol. The van der Waals surface area contributed by atoms with Crippen molar-refractivity contribution in [1.29, 1.82) is 0 Å². The minimum atomic E-state index is -0.253. The minimum absolute atomic E-state index is 0.0237. The average Bonchev–Trinajstić information content (AvgIpc) is 2.46. The van der Waals surface area contributed by atoms with Gasteiger partial charge >= 0.3 is 0 Å². The molecule has 4 heteroatoms. The molecule has 1 fully saturated rings. The van der Waals surface area contributed by atoms with E-state index in [1.807, 2.05) is 0 Å². The molecule has 0 heterocycles. The van der Waals surface area contributed by atoms with Crippen molar-refractivity contribution < 1.29 is 19.4 Å². The van der Waals surface area contributed by atoms with Crippen molar-refractivity contribution in [2.75, 3.05) is 14.2 Å². The Balaban J connectivity index is 2.22. The first-order chi connectivity index (χ1) is 9.15. The molecule has 1 aliphatic rings. The zero-order valence-corrected chi connectivity index (χ0v) is 11.4. The number of rotatable bonds is 4. The molecule has 1 aromatic rings. The molecule has 0 spiro atoms. The molecule has 0 unspecified atom stereocenters. The molecule has 0 aromatic heterocycles. The molecule has 0 amide bonds. The van der Waals surface area contributed by atoms with E-state index in [0.717, 1.165) is 12.8 Å². The topological polar surface area (TPSA) is 55.8 Å². The zero-order valence-electron chi connectivity index (χ0n) is 11.4. The SMILES string of the molecule is COc1ccc(OC)c(C(=O)C2CCC(O)CC2)c1. The molecule has 2 rings (SSSR count). The van der Waals surface area contributed by atoms with Crippen LogP contribution in [0.1, 0.15) is 36.0 Å². The van der Waals surface area contributed by atoms with Crippen LogP contribution in [-0.2, 0) is 0 Å². The lowest BCUT2D eigenvalue weighted by Crippen LogP contribution is -2.24. The van der Waals surface area contributed by atoms with Crippen molar-refractivity contribution in [3.8, 4) is 11.5 Å². The highest BCUT2D eigenvalue weighted by Crippen LogP contribution is 2.32. The van der Waals surface area contributed by atoms with Crippen LogP contribution in [0.15, 0.2) is 18.2 Å². The second kappa shape index (κ2) is 6.06. The Morgan fingerprint density at radius 2 is 1.84 bits per heavy atom. The summed E-state index contributed by atoms with van der Waals surface area (Å²) in [6, 6.07) is 5.26. The predicted octanol–water partition coefficient (Wildman–Crippen LogP) is 2.44. The molecule has 104 valence electrons. The molecule has 0 aliphatic heterocycles. The molecule has 1 aromatic carbocycles. The van der Waals surface area contributed by atoms with Crippen molar-refractivity contribution in [3.63, 3.8) is 0 Å². The third kappa shape index (κ3) is 3.07. The largest absolute Gasteiger partial charge is 0.497 e. The minimum Gasteiger partial charge on any atom is -0.497 e. The van der Waals surface area contributed by atoms with Crippen molar-refractivity contribution in [2.24, 2.45) is 5.92 Å². The van der Waals surface area contributed by atoms with Crippen LogP contribution < -0.4 is 9.47 Å². The van der Waals surface area contributed by atoms with Crippen LogP contribution in [0.2, 0.25) is 0 Å². The lowest BCUT2D eigenvalue weighted by Gasteiger charge is -2.24. The summed E-state index contributed by atoms with van der Waals surface area (Å²) in [5.41, 5.74) is 0.572. The van der Waals surface area contributed by atoms with Gasteiger partial charge in [0.25, 0.3) is 0 Å². The third-order valence-electron chi connectivity index (χ3n) is 3.74. The van der Waals surface area contributed by atoms with Gasteiger partial charge in [-0.15, -0.1) is 0 Å². The van der Waals surface area contributed by atoms with Crippen molar-refractivity contribution in [1.82, 2.24) is 0 Å². The summed E-state index contributed by atoms with van der Waals surface area (Å²) in [5.74, 6) is 1.30. The monoisotopic (exact) mass is 264 g/mol. The molecule has 1 saturated carbocycles. The number of ketones is 1. The van der Waals surface area contributed by atoms with Gasteiger partial charge in [0.1, 0.15) is 11.5 Å². The van der Waals surface area contributed by atoms with Crippen LogP contribution in [0, 0.1) is 5.92 Å². The normalized spacial score (nSPS) is 22.9. The Labute approximate surface area is 113 Å². The highest BCUT2D eigenvalue weighted by molar-refractivity contribution is 6.00. The molecule has 1 N–H and O–H groups in total. The molecule has 19 heavy (non-hydrogen) atoms. The van der Waals surface area contributed by atoms with Gasteiger partial charge in [0.05, 0.1) is 25.9 Å². The standard InChI is InChI=1S/C15H20O4/c1-18-12-7-8-14(19-2)13(9-12)15(17)10-3-5-11(16)6-4-10/h7-11,16H,3-6H2,1-2H3. The van der Waals surface area contributed by atoms with Crippen molar-refractivity contribution in [2.45, 2.75) is 31.8 Å². The summed E-state index contributed by atoms with van der Waals surface area (Å²) in [5, 5.41) is 9.51. The summed E-state index contributed by atoms with van der Waals surface area (Å²) in [4.78, 5) is 12.5. The summed E-state index contributed by atoms with van der Waals surface area (Å²) in [7, 11) is 3.14. The number of ether oxygens (including phenoxy) is 2. The first-order valence-electron chi connectivity index (χ1n) is 6.60. The van der Waals surface area contributed by atoms with Crippen LogP contribution in [0.3, 0.4) is 0 Å². The van der Waals surface area contributed by atoms with Gasteiger partial charge in [0.15, 0.2) is 5.78 Å². The van der Waals surface area contributed by atoms with Gasteiger partial charge in [0.2, 0.25) is 0 Å². The number of hydrogen-bond acceptors (Lipinski definition) is 4. The van der Waals surface area contributed by atoms with E-state index in [2.05, 4.69) is 0 Å². The van der Waals surface area contributed by atoms with E-state index in [0.29, 0.717) is 29.9 Å². The number of benzene rings is 1. The van der Waals surface area contributed by atoms with E-state index in [9.17, 15) is 9.90 Å². The number of Topliss-reactive ketones (excluding diaryl/α,β-unsaturated/α-hetero) is 1. The highest BCUT2D eigenvalue weighted by Gasteiger charge is 2.28. The Hall–Kier alpha value is -1.55. The molecule has 0 bridgehead atoms. The number of aliphatic hydroxyl groups excluding tert-OH is 1. The van der Waals surface area contributed by atoms with E-state index < -0.39 is 0 Å². The highest BCUT2D eigenvalue weighted by atomic mass is 16.5. The van der Waals surface area contributed by atoms with Crippen molar-refractivity contribution in [3.05, 3.63) is 23.8 Å². The van der Waals surface area contributed by atoms with E-state index in [-0.39, 0.29) is 17.8 Å². The molecular formula is C15H20O4. The Bertz CT molecular complexity index is 447. The van der Waals surface area contributed by atoms with E-state index in [1.54, 1.807) is 32.4 Å². The lowest BCUT2D eigenvalue weighted by molar-refractivity contribution is 0.0761. The fourth-order valence-electron chi connectivity index (χ4n) is 2.56. The average molecular weight is 264 g/mol.